The fraction of sp³-hybridized carbons (Fsp3) is 0.500. The van der Waals surface area contributed by atoms with Crippen molar-refractivity contribution in [3.63, 3.8) is 0 Å². The van der Waals surface area contributed by atoms with Crippen LogP contribution in [0.2, 0.25) is 0 Å². The van der Waals surface area contributed by atoms with Gasteiger partial charge in [0.1, 0.15) is 0 Å². The van der Waals surface area contributed by atoms with E-state index in [1.165, 1.54) is 0 Å². The van der Waals surface area contributed by atoms with E-state index in [1.54, 1.807) is 30.3 Å². The van der Waals surface area contributed by atoms with Gasteiger partial charge in [-0.15, -0.1) is 0 Å². The second kappa shape index (κ2) is 5.46. The number of sulfonamides is 1. The zero-order valence-electron chi connectivity index (χ0n) is 9.97. The van der Waals surface area contributed by atoms with Crippen LogP contribution in [0.15, 0.2) is 35.2 Å². The van der Waals surface area contributed by atoms with E-state index >= 15 is 0 Å². The Balaban J connectivity index is 2.81. The van der Waals surface area contributed by atoms with E-state index in [4.69, 9.17) is 0 Å². The van der Waals surface area contributed by atoms with E-state index < -0.39 is 10.0 Å². The summed E-state index contributed by atoms with van der Waals surface area (Å²) in [4.78, 5) is 0.324. The van der Waals surface area contributed by atoms with Crippen LogP contribution in [0.4, 0.5) is 0 Å². The average Bonchev–Trinajstić information content (AvgIpc) is 2.28. The number of hydrogen-bond donors (Lipinski definition) is 1. The molecule has 4 heteroatoms. The lowest BCUT2D eigenvalue weighted by atomic mass is 10.0. The van der Waals surface area contributed by atoms with Crippen molar-refractivity contribution in [1.29, 1.82) is 0 Å². The third-order valence-corrected chi connectivity index (χ3v) is 4.47. The first-order valence-corrected chi connectivity index (χ1v) is 7.03. The van der Waals surface area contributed by atoms with Crippen LogP contribution in [-0.2, 0) is 10.0 Å². The SMILES string of the molecule is CCC(C)C(C)NS(=O)(=O)c1ccccc1. The maximum absolute atomic E-state index is 12.0. The molecule has 0 saturated carbocycles. The Morgan fingerprint density at radius 1 is 1.19 bits per heavy atom. The van der Waals surface area contributed by atoms with Gasteiger partial charge in [0.05, 0.1) is 4.90 Å². The van der Waals surface area contributed by atoms with Crippen molar-refractivity contribution in [2.45, 2.75) is 38.1 Å². The molecule has 0 aromatic heterocycles. The van der Waals surface area contributed by atoms with Gasteiger partial charge in [0, 0.05) is 6.04 Å². The highest BCUT2D eigenvalue weighted by atomic mass is 32.2. The molecule has 0 aliphatic rings. The average molecular weight is 241 g/mol. The van der Waals surface area contributed by atoms with E-state index in [0.29, 0.717) is 10.8 Å². The van der Waals surface area contributed by atoms with E-state index in [-0.39, 0.29) is 6.04 Å². The van der Waals surface area contributed by atoms with Crippen LogP contribution in [0.3, 0.4) is 0 Å². The molecule has 0 spiro atoms. The molecule has 0 aliphatic carbocycles. The molecule has 0 bridgehead atoms. The zero-order chi connectivity index (χ0) is 12.2. The van der Waals surface area contributed by atoms with Gasteiger partial charge in [-0.1, -0.05) is 38.5 Å². The maximum Gasteiger partial charge on any atom is 0.240 e. The summed E-state index contributed by atoms with van der Waals surface area (Å²) < 4.78 is 26.6. The standard InChI is InChI=1S/C12H19NO2S/c1-4-10(2)11(3)13-16(14,15)12-8-6-5-7-9-12/h5-11,13H,4H2,1-3H3. The predicted molar refractivity (Wildman–Crippen MR) is 65.7 cm³/mol. The lowest BCUT2D eigenvalue weighted by Crippen LogP contribution is -2.36. The summed E-state index contributed by atoms with van der Waals surface area (Å²) in [6.45, 7) is 5.99. The summed E-state index contributed by atoms with van der Waals surface area (Å²) in [5.41, 5.74) is 0. The van der Waals surface area contributed by atoms with Crippen LogP contribution in [0.5, 0.6) is 0 Å². The van der Waals surface area contributed by atoms with Gasteiger partial charge in [-0.2, -0.15) is 0 Å². The molecule has 90 valence electrons. The Bertz CT molecular complexity index is 414. The minimum atomic E-state index is -3.36. The minimum absolute atomic E-state index is 0.0461. The summed E-state index contributed by atoms with van der Waals surface area (Å²) >= 11 is 0. The first kappa shape index (κ1) is 13.2. The zero-order valence-corrected chi connectivity index (χ0v) is 10.8. The van der Waals surface area contributed by atoms with E-state index in [2.05, 4.69) is 11.6 Å². The third kappa shape index (κ3) is 3.32. The van der Waals surface area contributed by atoms with E-state index in [9.17, 15) is 8.42 Å². The Labute approximate surface area is 97.9 Å². The molecule has 1 aromatic carbocycles. The molecule has 0 heterocycles. The second-order valence-corrected chi connectivity index (χ2v) is 5.82. The number of rotatable bonds is 5. The monoisotopic (exact) mass is 241 g/mol. The van der Waals surface area contributed by atoms with Crippen molar-refractivity contribution in [3.05, 3.63) is 30.3 Å². The molecule has 0 amide bonds. The van der Waals surface area contributed by atoms with Crippen molar-refractivity contribution < 1.29 is 8.42 Å². The molecule has 1 aromatic rings. The Morgan fingerprint density at radius 2 is 1.75 bits per heavy atom. The Morgan fingerprint density at radius 3 is 2.25 bits per heavy atom. The maximum atomic E-state index is 12.0. The van der Waals surface area contributed by atoms with Gasteiger partial charge in [0.2, 0.25) is 10.0 Å². The Kier molecular flexibility index (Phi) is 4.50. The first-order valence-electron chi connectivity index (χ1n) is 5.54. The van der Waals surface area contributed by atoms with Gasteiger partial charge in [-0.25, -0.2) is 13.1 Å². The van der Waals surface area contributed by atoms with Crippen LogP contribution >= 0.6 is 0 Å². The van der Waals surface area contributed by atoms with Crippen molar-refractivity contribution in [2.24, 2.45) is 5.92 Å². The third-order valence-electron chi connectivity index (χ3n) is 2.89. The number of hydrogen-bond acceptors (Lipinski definition) is 2. The van der Waals surface area contributed by atoms with Gasteiger partial charge in [-0.05, 0) is 25.0 Å². The lowest BCUT2D eigenvalue weighted by Gasteiger charge is -2.19. The van der Waals surface area contributed by atoms with Crippen molar-refractivity contribution in [2.75, 3.05) is 0 Å². The van der Waals surface area contributed by atoms with Crippen molar-refractivity contribution in [3.8, 4) is 0 Å². The minimum Gasteiger partial charge on any atom is -0.208 e. The van der Waals surface area contributed by atoms with E-state index in [1.807, 2.05) is 13.8 Å². The Hall–Kier alpha value is -0.870. The lowest BCUT2D eigenvalue weighted by molar-refractivity contribution is 0.434. The molecule has 2 atom stereocenters. The largest absolute Gasteiger partial charge is 0.240 e. The molecule has 0 radical (unpaired) electrons. The van der Waals surface area contributed by atoms with Gasteiger partial charge in [-0.3, -0.25) is 0 Å². The smallest absolute Gasteiger partial charge is 0.208 e. The van der Waals surface area contributed by atoms with Crippen LogP contribution in [0.1, 0.15) is 27.2 Å². The molecule has 0 aliphatic heterocycles. The molecule has 2 unspecified atom stereocenters. The topological polar surface area (TPSA) is 46.2 Å². The second-order valence-electron chi connectivity index (χ2n) is 4.11. The molecule has 3 nitrogen and oxygen atoms in total. The summed E-state index contributed by atoms with van der Waals surface area (Å²) in [6, 6.07) is 8.41. The van der Waals surface area contributed by atoms with Crippen molar-refractivity contribution >= 4 is 10.0 Å². The fourth-order valence-electron chi connectivity index (χ4n) is 1.38. The van der Waals surface area contributed by atoms with Crippen LogP contribution in [0.25, 0.3) is 0 Å². The predicted octanol–water partition coefficient (Wildman–Crippen LogP) is 2.40. The quantitative estimate of drug-likeness (QED) is 0.860. The summed E-state index contributed by atoms with van der Waals surface area (Å²) in [5.74, 6) is 0.332. The van der Waals surface area contributed by atoms with Crippen molar-refractivity contribution in [1.82, 2.24) is 4.72 Å². The van der Waals surface area contributed by atoms with Crippen LogP contribution < -0.4 is 4.72 Å². The molecular formula is C12H19NO2S. The highest BCUT2D eigenvalue weighted by molar-refractivity contribution is 7.89. The molecule has 1 N–H and O–H groups in total. The van der Waals surface area contributed by atoms with Gasteiger partial charge < -0.3 is 0 Å². The van der Waals surface area contributed by atoms with Crippen LogP contribution in [-0.4, -0.2) is 14.5 Å². The number of benzene rings is 1. The fourth-order valence-corrected chi connectivity index (χ4v) is 2.76. The molecular weight excluding hydrogens is 222 g/mol. The number of nitrogens with one attached hydrogen (secondary N) is 1. The molecule has 0 saturated heterocycles. The van der Waals surface area contributed by atoms with Gasteiger partial charge in [0.15, 0.2) is 0 Å². The van der Waals surface area contributed by atoms with Gasteiger partial charge >= 0.3 is 0 Å². The van der Waals surface area contributed by atoms with Crippen LogP contribution in [0, 0.1) is 5.92 Å². The van der Waals surface area contributed by atoms with Gasteiger partial charge in [0.25, 0.3) is 0 Å². The highest BCUT2D eigenvalue weighted by Crippen LogP contribution is 2.12. The molecule has 16 heavy (non-hydrogen) atoms. The molecule has 0 fully saturated rings. The highest BCUT2D eigenvalue weighted by Gasteiger charge is 2.19. The van der Waals surface area contributed by atoms with E-state index in [0.717, 1.165) is 6.42 Å². The summed E-state index contributed by atoms with van der Waals surface area (Å²) in [7, 11) is -3.36. The summed E-state index contributed by atoms with van der Waals surface area (Å²) in [5, 5.41) is 0. The summed E-state index contributed by atoms with van der Waals surface area (Å²) in [6.07, 6.45) is 0.957. The first-order chi connectivity index (χ1) is 7.47. The normalized spacial score (nSPS) is 15.7. The molecule has 1 rings (SSSR count).